The summed E-state index contributed by atoms with van der Waals surface area (Å²) < 4.78 is 11.8. The van der Waals surface area contributed by atoms with Gasteiger partial charge in [-0.25, -0.2) is 0 Å². The van der Waals surface area contributed by atoms with Crippen molar-refractivity contribution in [2.45, 2.75) is 75.7 Å². The molecule has 4 fully saturated rings. The number of carbonyl (C=O) groups is 1. The second-order valence-corrected chi connectivity index (χ2v) is 7.58. The van der Waals surface area contributed by atoms with Crippen molar-refractivity contribution in [1.82, 2.24) is 9.80 Å². The number of amides is 1. The lowest BCUT2D eigenvalue weighted by molar-refractivity contribution is -0.155. The van der Waals surface area contributed by atoms with E-state index in [0.29, 0.717) is 37.2 Å². The van der Waals surface area contributed by atoms with Crippen molar-refractivity contribution < 1.29 is 14.3 Å². The summed E-state index contributed by atoms with van der Waals surface area (Å²) in [6, 6.07) is 0.790. The van der Waals surface area contributed by atoms with Crippen LogP contribution in [0.15, 0.2) is 0 Å². The summed E-state index contributed by atoms with van der Waals surface area (Å²) in [4.78, 5) is 17.5. The predicted octanol–water partition coefficient (Wildman–Crippen LogP) is 1.80. The zero-order valence-electron chi connectivity index (χ0n) is 14.1. The highest BCUT2D eigenvalue weighted by atomic mass is 16.5. The van der Waals surface area contributed by atoms with Crippen LogP contribution < -0.4 is 0 Å². The van der Waals surface area contributed by atoms with E-state index in [9.17, 15) is 4.79 Å². The molecule has 0 N–H and O–H groups in total. The van der Waals surface area contributed by atoms with Crippen LogP contribution in [0.3, 0.4) is 0 Å². The van der Waals surface area contributed by atoms with Crippen molar-refractivity contribution in [3.8, 4) is 0 Å². The molecule has 23 heavy (non-hydrogen) atoms. The molecule has 0 radical (unpaired) electrons. The molecular weight excluding hydrogens is 292 g/mol. The quantitative estimate of drug-likeness (QED) is 0.777. The molecule has 2 aliphatic carbocycles. The standard InChI is InChI=1S/C18H30N2O3/c21-18(20-10-12-23-17-8-4-2-6-15(17)20)13-19-9-11-22-16-7-3-1-5-14(16)19/h14-17H,1-13H2/t14-,15+,16+,17-/m0/s1. The lowest BCUT2D eigenvalue weighted by Crippen LogP contribution is -2.59. The molecule has 1 amide bonds. The van der Waals surface area contributed by atoms with E-state index in [1.165, 1.54) is 32.1 Å². The van der Waals surface area contributed by atoms with Crippen molar-refractivity contribution in [1.29, 1.82) is 0 Å². The Morgan fingerprint density at radius 3 is 2.22 bits per heavy atom. The van der Waals surface area contributed by atoms with Gasteiger partial charge in [0.2, 0.25) is 5.91 Å². The van der Waals surface area contributed by atoms with Crippen molar-refractivity contribution >= 4 is 5.91 Å². The zero-order chi connectivity index (χ0) is 15.6. The lowest BCUT2D eigenvalue weighted by Gasteiger charge is -2.47. The van der Waals surface area contributed by atoms with Crippen LogP contribution in [0.4, 0.5) is 0 Å². The first-order valence-corrected chi connectivity index (χ1v) is 9.59. The van der Waals surface area contributed by atoms with E-state index in [1.807, 2.05) is 0 Å². The van der Waals surface area contributed by atoms with E-state index in [1.54, 1.807) is 0 Å². The van der Waals surface area contributed by atoms with Crippen molar-refractivity contribution in [3.05, 3.63) is 0 Å². The monoisotopic (exact) mass is 322 g/mol. The molecule has 2 heterocycles. The highest BCUT2D eigenvalue weighted by molar-refractivity contribution is 5.79. The number of hydrogen-bond donors (Lipinski definition) is 0. The number of fused-ring (bicyclic) bond motifs is 2. The molecule has 4 aliphatic rings. The first-order chi connectivity index (χ1) is 11.3. The molecule has 130 valence electrons. The van der Waals surface area contributed by atoms with E-state index in [0.717, 1.165) is 39.0 Å². The van der Waals surface area contributed by atoms with E-state index in [4.69, 9.17) is 9.47 Å². The average Bonchev–Trinajstić information content (AvgIpc) is 2.61. The van der Waals surface area contributed by atoms with Gasteiger partial charge >= 0.3 is 0 Å². The van der Waals surface area contributed by atoms with Crippen molar-refractivity contribution in [2.75, 3.05) is 32.8 Å². The fourth-order valence-corrected chi connectivity index (χ4v) is 5.04. The lowest BCUT2D eigenvalue weighted by atomic mass is 9.89. The summed E-state index contributed by atoms with van der Waals surface area (Å²) in [7, 11) is 0. The smallest absolute Gasteiger partial charge is 0.237 e. The third-order valence-corrected chi connectivity index (χ3v) is 6.24. The van der Waals surface area contributed by atoms with Gasteiger partial charge in [0.15, 0.2) is 0 Å². The van der Waals surface area contributed by atoms with Crippen LogP contribution in [0.1, 0.15) is 51.4 Å². The molecule has 5 heteroatoms. The van der Waals surface area contributed by atoms with Gasteiger partial charge in [0.05, 0.1) is 38.0 Å². The Balaban J connectivity index is 1.40. The average molecular weight is 322 g/mol. The van der Waals surface area contributed by atoms with Crippen LogP contribution in [0.5, 0.6) is 0 Å². The predicted molar refractivity (Wildman–Crippen MR) is 87.3 cm³/mol. The molecule has 2 saturated heterocycles. The minimum Gasteiger partial charge on any atom is -0.375 e. The van der Waals surface area contributed by atoms with Gasteiger partial charge in [0.1, 0.15) is 0 Å². The maximum Gasteiger partial charge on any atom is 0.237 e. The Labute approximate surface area is 139 Å². The van der Waals surface area contributed by atoms with Crippen LogP contribution in [0.2, 0.25) is 0 Å². The first kappa shape index (κ1) is 15.9. The maximum absolute atomic E-state index is 13.0. The molecule has 0 aromatic heterocycles. The number of nitrogens with zero attached hydrogens (tertiary/aromatic N) is 2. The van der Waals surface area contributed by atoms with Crippen molar-refractivity contribution in [3.63, 3.8) is 0 Å². The van der Waals surface area contributed by atoms with Gasteiger partial charge in [0, 0.05) is 19.1 Å². The largest absolute Gasteiger partial charge is 0.375 e. The molecule has 2 saturated carbocycles. The first-order valence-electron chi connectivity index (χ1n) is 9.59. The number of rotatable bonds is 2. The Morgan fingerprint density at radius 1 is 0.826 bits per heavy atom. The number of morpholine rings is 2. The fraction of sp³-hybridized carbons (Fsp3) is 0.944. The topological polar surface area (TPSA) is 42.0 Å². The Kier molecular flexibility index (Phi) is 4.88. The summed E-state index contributed by atoms with van der Waals surface area (Å²) in [5, 5.41) is 0. The summed E-state index contributed by atoms with van der Waals surface area (Å²) in [6.45, 7) is 3.75. The summed E-state index contributed by atoms with van der Waals surface area (Å²) in [6.07, 6.45) is 10.3. The third kappa shape index (κ3) is 3.28. The maximum atomic E-state index is 13.0. The molecule has 2 aliphatic heterocycles. The van der Waals surface area contributed by atoms with Gasteiger partial charge in [-0.05, 0) is 25.7 Å². The molecule has 0 spiro atoms. The van der Waals surface area contributed by atoms with Crippen LogP contribution in [-0.4, -0.2) is 72.8 Å². The van der Waals surface area contributed by atoms with Gasteiger partial charge in [-0.2, -0.15) is 0 Å². The molecule has 4 atom stereocenters. The number of carbonyl (C=O) groups excluding carboxylic acids is 1. The Hall–Kier alpha value is -0.650. The molecule has 4 rings (SSSR count). The van der Waals surface area contributed by atoms with Gasteiger partial charge in [0.25, 0.3) is 0 Å². The summed E-state index contributed by atoms with van der Waals surface area (Å²) in [5.41, 5.74) is 0. The minimum atomic E-state index is 0.286. The van der Waals surface area contributed by atoms with Crippen LogP contribution in [0.25, 0.3) is 0 Å². The van der Waals surface area contributed by atoms with Crippen LogP contribution in [0, 0.1) is 0 Å². The molecule has 0 unspecified atom stereocenters. The zero-order valence-corrected chi connectivity index (χ0v) is 14.1. The number of ether oxygens (including phenoxy) is 2. The van der Waals surface area contributed by atoms with Gasteiger partial charge < -0.3 is 14.4 Å². The van der Waals surface area contributed by atoms with Gasteiger partial charge in [-0.15, -0.1) is 0 Å². The number of hydrogen-bond acceptors (Lipinski definition) is 4. The molecule has 0 aromatic carbocycles. The highest BCUT2D eigenvalue weighted by Crippen LogP contribution is 2.30. The molecular formula is C18H30N2O3. The summed E-state index contributed by atoms with van der Waals surface area (Å²) >= 11 is 0. The van der Waals surface area contributed by atoms with Crippen molar-refractivity contribution in [2.24, 2.45) is 0 Å². The second-order valence-electron chi connectivity index (χ2n) is 7.58. The summed E-state index contributed by atoms with van der Waals surface area (Å²) in [5.74, 6) is 0.316. The van der Waals surface area contributed by atoms with E-state index in [2.05, 4.69) is 9.80 Å². The second kappa shape index (κ2) is 7.08. The van der Waals surface area contributed by atoms with E-state index >= 15 is 0 Å². The minimum absolute atomic E-state index is 0.286. The third-order valence-electron chi connectivity index (χ3n) is 6.24. The normalized spacial score (nSPS) is 38.7. The molecule has 0 aromatic rings. The SMILES string of the molecule is O=C(CN1CCO[C@@H]2CCCC[C@@H]21)N1CCO[C@H]2CCCC[C@H]21. The van der Waals surface area contributed by atoms with Gasteiger partial charge in [-0.1, -0.05) is 25.7 Å². The van der Waals surface area contributed by atoms with Crippen LogP contribution >= 0.6 is 0 Å². The molecule has 5 nitrogen and oxygen atoms in total. The van der Waals surface area contributed by atoms with E-state index in [-0.39, 0.29) is 6.10 Å². The van der Waals surface area contributed by atoms with Crippen LogP contribution in [-0.2, 0) is 14.3 Å². The van der Waals surface area contributed by atoms with E-state index < -0.39 is 0 Å². The highest BCUT2D eigenvalue weighted by Gasteiger charge is 2.39. The Bertz CT molecular complexity index is 426. The fourth-order valence-electron chi connectivity index (χ4n) is 5.04. The molecule has 0 bridgehead atoms. The Morgan fingerprint density at radius 2 is 1.43 bits per heavy atom. The van der Waals surface area contributed by atoms with Gasteiger partial charge in [-0.3, -0.25) is 9.69 Å².